The third-order valence-electron chi connectivity index (χ3n) is 2.97. The van der Waals surface area contributed by atoms with Gasteiger partial charge in [0, 0.05) is 15.7 Å². The van der Waals surface area contributed by atoms with Gasteiger partial charge in [-0.2, -0.15) is 0 Å². The van der Waals surface area contributed by atoms with E-state index in [1.807, 2.05) is 6.92 Å². The van der Waals surface area contributed by atoms with Crippen LogP contribution in [0.2, 0.25) is 10.0 Å². The Hall–Kier alpha value is -1.91. The summed E-state index contributed by atoms with van der Waals surface area (Å²) in [6, 6.07) is 12.2. The molecule has 6 heteroatoms. The van der Waals surface area contributed by atoms with E-state index in [0.717, 1.165) is 5.56 Å². The number of benzene rings is 2. The van der Waals surface area contributed by atoms with E-state index in [0.29, 0.717) is 34.6 Å². The maximum absolute atomic E-state index is 11.8. The van der Waals surface area contributed by atoms with E-state index in [4.69, 9.17) is 27.9 Å². The van der Waals surface area contributed by atoms with E-state index in [-0.39, 0.29) is 6.03 Å². The highest BCUT2D eigenvalue weighted by molar-refractivity contribution is 6.31. The number of carbonyl (C=O) groups is 1. The first-order chi connectivity index (χ1) is 10.6. The van der Waals surface area contributed by atoms with Gasteiger partial charge in [-0.15, -0.1) is 0 Å². The highest BCUT2D eigenvalue weighted by atomic mass is 35.5. The van der Waals surface area contributed by atoms with Gasteiger partial charge in [0.1, 0.15) is 12.4 Å². The molecule has 0 fully saturated rings. The van der Waals surface area contributed by atoms with Gasteiger partial charge in [0.2, 0.25) is 0 Å². The van der Waals surface area contributed by atoms with Gasteiger partial charge in [0.15, 0.2) is 0 Å². The number of carbonyl (C=O) groups excluding carboxylic acids is 1. The van der Waals surface area contributed by atoms with Gasteiger partial charge in [0.25, 0.3) is 0 Å². The number of hydrogen-bond donors (Lipinski definition) is 2. The molecule has 2 amide bonds. The Bertz CT molecular complexity index is 662. The van der Waals surface area contributed by atoms with Gasteiger partial charge in [0.05, 0.1) is 6.54 Å². The van der Waals surface area contributed by atoms with Crippen molar-refractivity contribution in [3.8, 4) is 5.75 Å². The van der Waals surface area contributed by atoms with Crippen LogP contribution in [0, 0.1) is 6.92 Å². The van der Waals surface area contributed by atoms with E-state index in [9.17, 15) is 4.79 Å². The molecule has 2 rings (SSSR count). The predicted octanol–water partition coefficient (Wildman–Crippen LogP) is 4.50. The molecule has 0 saturated heterocycles. The molecule has 0 unspecified atom stereocenters. The zero-order chi connectivity index (χ0) is 15.9. The largest absolute Gasteiger partial charge is 0.492 e. The number of rotatable bonds is 5. The van der Waals surface area contributed by atoms with Crippen LogP contribution in [0.25, 0.3) is 0 Å². The molecular weight excluding hydrogens is 323 g/mol. The minimum absolute atomic E-state index is 0.305. The number of anilines is 1. The molecule has 0 bridgehead atoms. The van der Waals surface area contributed by atoms with Crippen LogP contribution in [-0.4, -0.2) is 19.2 Å². The van der Waals surface area contributed by atoms with Crippen molar-refractivity contribution in [2.24, 2.45) is 0 Å². The fourth-order valence-electron chi connectivity index (χ4n) is 1.80. The van der Waals surface area contributed by atoms with Crippen molar-refractivity contribution in [2.75, 3.05) is 18.5 Å². The lowest BCUT2D eigenvalue weighted by Gasteiger charge is -2.11. The Morgan fingerprint density at radius 3 is 2.73 bits per heavy atom. The van der Waals surface area contributed by atoms with E-state index < -0.39 is 0 Å². The van der Waals surface area contributed by atoms with Gasteiger partial charge in [-0.05, 0) is 42.8 Å². The van der Waals surface area contributed by atoms with E-state index >= 15 is 0 Å². The second kappa shape index (κ2) is 7.92. The number of nitrogens with one attached hydrogen (secondary N) is 2. The second-order valence-electron chi connectivity index (χ2n) is 4.60. The molecule has 2 aromatic rings. The van der Waals surface area contributed by atoms with Crippen molar-refractivity contribution in [1.29, 1.82) is 0 Å². The van der Waals surface area contributed by atoms with Crippen LogP contribution in [0.1, 0.15) is 5.56 Å². The third kappa shape index (κ3) is 4.83. The van der Waals surface area contributed by atoms with Gasteiger partial charge in [-0.25, -0.2) is 4.79 Å². The lowest BCUT2D eigenvalue weighted by molar-refractivity contribution is 0.247. The Balaban J connectivity index is 1.75. The van der Waals surface area contributed by atoms with Gasteiger partial charge in [-0.1, -0.05) is 35.3 Å². The Kier molecular flexibility index (Phi) is 5.92. The zero-order valence-corrected chi connectivity index (χ0v) is 13.5. The summed E-state index contributed by atoms with van der Waals surface area (Å²) in [5.74, 6) is 0.667. The first kappa shape index (κ1) is 16.5. The van der Waals surface area contributed by atoms with Crippen molar-refractivity contribution in [3.05, 3.63) is 58.1 Å². The van der Waals surface area contributed by atoms with Crippen LogP contribution in [0.3, 0.4) is 0 Å². The molecule has 0 heterocycles. The minimum Gasteiger partial charge on any atom is -0.492 e. The molecule has 0 saturated carbocycles. The van der Waals surface area contributed by atoms with Gasteiger partial charge < -0.3 is 15.4 Å². The maximum Gasteiger partial charge on any atom is 0.319 e. The molecule has 0 spiro atoms. The lowest BCUT2D eigenvalue weighted by Crippen LogP contribution is -2.32. The molecular formula is C16H16Cl2N2O2. The average molecular weight is 339 g/mol. The topological polar surface area (TPSA) is 50.4 Å². The lowest BCUT2D eigenvalue weighted by atomic mass is 10.2. The summed E-state index contributed by atoms with van der Waals surface area (Å²) < 4.78 is 5.48. The monoisotopic (exact) mass is 338 g/mol. The fraction of sp³-hybridized carbons (Fsp3) is 0.188. The molecule has 0 radical (unpaired) electrons. The molecule has 0 atom stereocenters. The van der Waals surface area contributed by atoms with E-state index in [1.165, 1.54) is 0 Å². The smallest absolute Gasteiger partial charge is 0.319 e. The van der Waals surface area contributed by atoms with Crippen molar-refractivity contribution in [1.82, 2.24) is 5.32 Å². The zero-order valence-electron chi connectivity index (χ0n) is 12.0. The fourth-order valence-corrected chi connectivity index (χ4v) is 2.15. The van der Waals surface area contributed by atoms with Crippen molar-refractivity contribution in [3.63, 3.8) is 0 Å². The number of halogens is 2. The maximum atomic E-state index is 11.8. The molecule has 0 aliphatic carbocycles. The highest BCUT2D eigenvalue weighted by Crippen LogP contribution is 2.22. The Labute approximate surface area is 139 Å². The van der Waals surface area contributed by atoms with Crippen LogP contribution in [0.5, 0.6) is 5.75 Å². The summed E-state index contributed by atoms with van der Waals surface area (Å²) in [5.41, 5.74) is 1.51. The quantitative estimate of drug-likeness (QED) is 0.788. The Morgan fingerprint density at radius 1 is 1.18 bits per heavy atom. The second-order valence-corrected chi connectivity index (χ2v) is 5.44. The van der Waals surface area contributed by atoms with Crippen LogP contribution in [0.15, 0.2) is 42.5 Å². The molecule has 0 aromatic heterocycles. The van der Waals surface area contributed by atoms with Crippen molar-refractivity contribution in [2.45, 2.75) is 6.92 Å². The molecule has 116 valence electrons. The minimum atomic E-state index is -0.305. The molecule has 2 aromatic carbocycles. The normalized spacial score (nSPS) is 10.1. The third-order valence-corrected chi connectivity index (χ3v) is 3.61. The molecule has 22 heavy (non-hydrogen) atoms. The molecule has 2 N–H and O–H groups in total. The summed E-state index contributed by atoms with van der Waals surface area (Å²) >= 11 is 11.9. The summed E-state index contributed by atoms with van der Waals surface area (Å²) in [5, 5.41) is 6.68. The predicted molar refractivity (Wildman–Crippen MR) is 90.2 cm³/mol. The number of amides is 2. The first-order valence-corrected chi connectivity index (χ1v) is 7.50. The molecule has 4 nitrogen and oxygen atoms in total. The molecule has 0 aliphatic heterocycles. The summed E-state index contributed by atoms with van der Waals surface area (Å²) in [4.78, 5) is 11.8. The number of urea groups is 1. The summed E-state index contributed by atoms with van der Waals surface area (Å²) in [6.07, 6.45) is 0. The van der Waals surface area contributed by atoms with Crippen LogP contribution >= 0.6 is 23.2 Å². The standard InChI is InChI=1S/C16H16Cl2N2O2/c1-11-14(18)6-3-7-15(11)20-16(21)19-8-9-22-13-5-2-4-12(17)10-13/h2-7,10H,8-9H2,1H3,(H2,19,20,21). The first-order valence-electron chi connectivity index (χ1n) is 6.74. The van der Waals surface area contributed by atoms with Crippen LogP contribution in [0.4, 0.5) is 10.5 Å². The highest BCUT2D eigenvalue weighted by Gasteiger charge is 2.06. The number of ether oxygens (including phenoxy) is 1. The van der Waals surface area contributed by atoms with E-state index in [1.54, 1.807) is 42.5 Å². The molecule has 0 aliphatic rings. The number of hydrogen-bond acceptors (Lipinski definition) is 2. The average Bonchev–Trinajstić information content (AvgIpc) is 2.49. The van der Waals surface area contributed by atoms with Crippen LogP contribution in [-0.2, 0) is 0 Å². The van der Waals surface area contributed by atoms with Crippen molar-refractivity contribution >= 4 is 34.9 Å². The van der Waals surface area contributed by atoms with Gasteiger partial charge in [-0.3, -0.25) is 0 Å². The summed E-state index contributed by atoms with van der Waals surface area (Å²) in [6.45, 7) is 2.57. The summed E-state index contributed by atoms with van der Waals surface area (Å²) in [7, 11) is 0. The Morgan fingerprint density at radius 2 is 1.95 bits per heavy atom. The SMILES string of the molecule is Cc1c(Cl)cccc1NC(=O)NCCOc1cccc(Cl)c1. The van der Waals surface area contributed by atoms with Crippen molar-refractivity contribution < 1.29 is 9.53 Å². The van der Waals surface area contributed by atoms with E-state index in [2.05, 4.69) is 10.6 Å². The van der Waals surface area contributed by atoms with Crippen LogP contribution < -0.4 is 15.4 Å². The van der Waals surface area contributed by atoms with Gasteiger partial charge >= 0.3 is 6.03 Å².